The molecule has 0 aromatic heterocycles. The van der Waals surface area contributed by atoms with Gasteiger partial charge in [0, 0.05) is 13.1 Å². The maximum Gasteiger partial charge on any atom is 0.324 e. The smallest absolute Gasteiger partial charge is 0.324 e. The van der Waals surface area contributed by atoms with Crippen LogP contribution in [0.5, 0.6) is 0 Å². The number of hydrogen-bond acceptors (Lipinski definition) is 3. The zero-order valence-corrected chi connectivity index (χ0v) is 9.56. The van der Waals surface area contributed by atoms with Crippen LogP contribution in [0.1, 0.15) is 12.5 Å². The molecule has 0 aliphatic carbocycles. The Balaban J connectivity index is 1.72. The van der Waals surface area contributed by atoms with Crippen LogP contribution >= 0.6 is 0 Å². The highest BCUT2D eigenvalue weighted by atomic mass is 16.5. The summed E-state index contributed by atoms with van der Waals surface area (Å²) in [5, 5.41) is 0. The van der Waals surface area contributed by atoms with E-state index in [1.165, 1.54) is 5.56 Å². The number of carbonyl (C=O) groups is 1. The quantitative estimate of drug-likeness (QED) is 0.555. The van der Waals surface area contributed by atoms with Gasteiger partial charge in [-0.05, 0) is 18.9 Å². The molecule has 86 valence electrons. The molecule has 1 fully saturated rings. The Bertz CT molecular complexity index is 350. The zero-order chi connectivity index (χ0) is 11.4. The molecule has 2 atom stereocenters. The van der Waals surface area contributed by atoms with Gasteiger partial charge in [-0.15, -0.1) is 0 Å². The number of rotatable bonds is 5. The Morgan fingerprint density at radius 2 is 2.19 bits per heavy atom. The molecule has 16 heavy (non-hydrogen) atoms. The van der Waals surface area contributed by atoms with Crippen molar-refractivity contribution in [3.05, 3.63) is 35.9 Å². The molecule has 0 spiro atoms. The highest BCUT2D eigenvalue weighted by Crippen LogP contribution is 2.19. The summed E-state index contributed by atoms with van der Waals surface area (Å²) in [4.78, 5) is 13.5. The lowest BCUT2D eigenvalue weighted by molar-refractivity contribution is -0.143. The molecule has 1 aromatic carbocycles. The molecule has 1 heterocycles. The van der Waals surface area contributed by atoms with Gasteiger partial charge in [0.25, 0.3) is 0 Å². The average Bonchev–Trinajstić information content (AvgIpc) is 3.08. The number of ether oxygens (including phenoxy) is 1. The van der Waals surface area contributed by atoms with Crippen molar-refractivity contribution < 1.29 is 9.53 Å². The standard InChI is InChI=1S/C13H17NO2/c1-2-16-13(15)12-10-14(12)9-8-11-6-4-3-5-7-11/h3-7,12H,2,8-10H2,1H3/t12-,14?/m1/s1. The SMILES string of the molecule is CCOC(=O)[C@H]1CN1CCc1ccccc1. The summed E-state index contributed by atoms with van der Waals surface area (Å²) in [6.07, 6.45) is 0.997. The van der Waals surface area contributed by atoms with Crippen LogP contribution in [0.4, 0.5) is 0 Å². The summed E-state index contributed by atoms with van der Waals surface area (Å²) in [5.74, 6) is -0.0736. The minimum Gasteiger partial charge on any atom is -0.465 e. The third-order valence-electron chi connectivity index (χ3n) is 2.80. The van der Waals surface area contributed by atoms with E-state index in [1.807, 2.05) is 25.1 Å². The van der Waals surface area contributed by atoms with Crippen molar-refractivity contribution in [2.45, 2.75) is 19.4 Å². The van der Waals surface area contributed by atoms with Crippen molar-refractivity contribution in [2.24, 2.45) is 0 Å². The Labute approximate surface area is 96.0 Å². The van der Waals surface area contributed by atoms with Gasteiger partial charge in [-0.25, -0.2) is 0 Å². The fourth-order valence-electron chi connectivity index (χ4n) is 1.80. The van der Waals surface area contributed by atoms with E-state index in [4.69, 9.17) is 4.74 Å². The van der Waals surface area contributed by atoms with Crippen LogP contribution < -0.4 is 0 Å². The van der Waals surface area contributed by atoms with Crippen LogP contribution in [-0.2, 0) is 16.0 Å². The molecule has 1 aliphatic rings. The van der Waals surface area contributed by atoms with Crippen molar-refractivity contribution in [3.63, 3.8) is 0 Å². The van der Waals surface area contributed by atoms with E-state index in [2.05, 4.69) is 17.0 Å². The Morgan fingerprint density at radius 3 is 2.88 bits per heavy atom. The van der Waals surface area contributed by atoms with Crippen LogP contribution in [0.15, 0.2) is 30.3 Å². The first-order chi connectivity index (χ1) is 7.81. The molecule has 1 unspecified atom stereocenters. The van der Waals surface area contributed by atoms with Crippen LogP contribution in [-0.4, -0.2) is 36.6 Å². The Kier molecular flexibility index (Phi) is 3.57. The van der Waals surface area contributed by atoms with E-state index in [9.17, 15) is 4.79 Å². The van der Waals surface area contributed by atoms with Crippen LogP contribution in [0.3, 0.4) is 0 Å². The van der Waals surface area contributed by atoms with E-state index in [-0.39, 0.29) is 12.0 Å². The normalized spacial score (nSPS) is 22.8. The second-order valence-electron chi connectivity index (χ2n) is 4.00. The summed E-state index contributed by atoms with van der Waals surface area (Å²) < 4.78 is 4.97. The number of carbonyl (C=O) groups excluding carboxylic acids is 1. The molecule has 3 nitrogen and oxygen atoms in total. The second-order valence-corrected chi connectivity index (χ2v) is 4.00. The molecule has 1 aliphatic heterocycles. The van der Waals surface area contributed by atoms with Gasteiger partial charge >= 0.3 is 5.97 Å². The lowest BCUT2D eigenvalue weighted by Gasteiger charge is -2.04. The topological polar surface area (TPSA) is 29.3 Å². The molecule has 3 heteroatoms. The van der Waals surface area contributed by atoms with Gasteiger partial charge in [0.2, 0.25) is 0 Å². The Hall–Kier alpha value is -1.35. The lowest BCUT2D eigenvalue weighted by atomic mass is 10.1. The molecule has 1 aromatic rings. The first kappa shape index (κ1) is 11.1. The summed E-state index contributed by atoms with van der Waals surface area (Å²) in [6.45, 7) is 4.11. The predicted molar refractivity (Wildman–Crippen MR) is 62.1 cm³/mol. The van der Waals surface area contributed by atoms with Gasteiger partial charge in [-0.1, -0.05) is 30.3 Å². The zero-order valence-electron chi connectivity index (χ0n) is 9.56. The molecule has 0 amide bonds. The first-order valence-electron chi connectivity index (χ1n) is 5.76. The molecule has 1 saturated heterocycles. The molecule has 0 N–H and O–H groups in total. The van der Waals surface area contributed by atoms with Gasteiger partial charge in [0.15, 0.2) is 0 Å². The maximum absolute atomic E-state index is 11.4. The number of esters is 1. The minimum atomic E-state index is -0.0736. The molecule has 0 radical (unpaired) electrons. The van der Waals surface area contributed by atoms with Crippen molar-refractivity contribution in [2.75, 3.05) is 19.7 Å². The fraction of sp³-hybridized carbons (Fsp3) is 0.462. The summed E-state index contributed by atoms with van der Waals surface area (Å²) >= 11 is 0. The van der Waals surface area contributed by atoms with Crippen LogP contribution in [0.25, 0.3) is 0 Å². The van der Waals surface area contributed by atoms with Gasteiger partial charge in [-0.2, -0.15) is 0 Å². The van der Waals surface area contributed by atoms with Crippen LogP contribution in [0.2, 0.25) is 0 Å². The lowest BCUT2D eigenvalue weighted by Crippen LogP contribution is -2.17. The minimum absolute atomic E-state index is 0.0173. The van der Waals surface area contributed by atoms with Crippen LogP contribution in [0, 0.1) is 0 Å². The van der Waals surface area contributed by atoms with E-state index in [0.717, 1.165) is 19.5 Å². The number of nitrogens with zero attached hydrogens (tertiary/aromatic N) is 1. The van der Waals surface area contributed by atoms with Gasteiger partial charge in [0.05, 0.1) is 6.61 Å². The first-order valence-corrected chi connectivity index (χ1v) is 5.76. The third-order valence-corrected chi connectivity index (χ3v) is 2.80. The van der Waals surface area contributed by atoms with E-state index < -0.39 is 0 Å². The highest BCUT2D eigenvalue weighted by Gasteiger charge is 2.40. The second kappa shape index (κ2) is 5.12. The van der Waals surface area contributed by atoms with Gasteiger partial charge < -0.3 is 4.74 Å². The maximum atomic E-state index is 11.4. The van der Waals surface area contributed by atoms with Crippen molar-refractivity contribution >= 4 is 5.97 Å². The summed E-state index contributed by atoms with van der Waals surface area (Å²) in [6, 6.07) is 10.3. The van der Waals surface area contributed by atoms with E-state index in [1.54, 1.807) is 0 Å². The third kappa shape index (κ3) is 2.83. The monoisotopic (exact) mass is 219 g/mol. The molecule has 2 rings (SSSR count). The number of benzene rings is 1. The largest absolute Gasteiger partial charge is 0.465 e. The Morgan fingerprint density at radius 1 is 1.44 bits per heavy atom. The van der Waals surface area contributed by atoms with Crippen molar-refractivity contribution in [1.29, 1.82) is 0 Å². The van der Waals surface area contributed by atoms with E-state index in [0.29, 0.717) is 6.61 Å². The fourth-order valence-corrected chi connectivity index (χ4v) is 1.80. The highest BCUT2D eigenvalue weighted by molar-refractivity contribution is 5.79. The van der Waals surface area contributed by atoms with Crippen molar-refractivity contribution in [1.82, 2.24) is 4.90 Å². The molecule has 0 bridgehead atoms. The van der Waals surface area contributed by atoms with E-state index >= 15 is 0 Å². The molecular weight excluding hydrogens is 202 g/mol. The number of hydrogen-bond donors (Lipinski definition) is 0. The predicted octanol–water partition coefficient (Wildman–Crippen LogP) is 1.48. The van der Waals surface area contributed by atoms with Gasteiger partial charge in [-0.3, -0.25) is 9.69 Å². The van der Waals surface area contributed by atoms with Crippen molar-refractivity contribution in [3.8, 4) is 0 Å². The molecular formula is C13H17NO2. The van der Waals surface area contributed by atoms with Gasteiger partial charge in [0.1, 0.15) is 6.04 Å². The molecule has 0 saturated carbocycles. The summed E-state index contributed by atoms with van der Waals surface area (Å²) in [7, 11) is 0. The summed E-state index contributed by atoms with van der Waals surface area (Å²) in [5.41, 5.74) is 1.32. The average molecular weight is 219 g/mol.